The van der Waals surface area contributed by atoms with Gasteiger partial charge in [0.2, 0.25) is 0 Å². The number of urea groups is 1. The Kier molecular flexibility index (Phi) is 11.9. The lowest BCUT2D eigenvalue weighted by Gasteiger charge is -2.52. The van der Waals surface area contributed by atoms with Crippen LogP contribution in [0.1, 0.15) is 68.7 Å². The van der Waals surface area contributed by atoms with Crippen molar-refractivity contribution in [1.82, 2.24) is 14.8 Å². The van der Waals surface area contributed by atoms with Crippen LogP contribution in [0.2, 0.25) is 0 Å². The van der Waals surface area contributed by atoms with Gasteiger partial charge in [0.1, 0.15) is 5.29 Å². The molecule has 0 spiro atoms. The molecule has 0 aliphatic carbocycles. The molecule has 0 aromatic carbocycles. The summed E-state index contributed by atoms with van der Waals surface area (Å²) in [7, 11) is 0.0136. The molecule has 0 aromatic heterocycles. The lowest BCUT2D eigenvalue weighted by Crippen LogP contribution is -2.49. The van der Waals surface area contributed by atoms with Crippen molar-refractivity contribution in [1.29, 1.82) is 0 Å². The van der Waals surface area contributed by atoms with Crippen LogP contribution in [-0.4, -0.2) is 70.7 Å². The normalized spacial score (nSPS) is 13.2. The van der Waals surface area contributed by atoms with Gasteiger partial charge >= 0.3 is 12.0 Å². The van der Waals surface area contributed by atoms with Gasteiger partial charge < -0.3 is 15.0 Å². The second-order valence-electron chi connectivity index (χ2n) is 8.09. The molecule has 2 amide bonds. The summed E-state index contributed by atoms with van der Waals surface area (Å²) in [5.74, 6) is -0.533. The molecular weight excluding hydrogens is 405 g/mol. The summed E-state index contributed by atoms with van der Waals surface area (Å²) in [6.07, 6.45) is 0.379. The number of nitrogens with two attached hydrogens (primary N) is 1. The molecule has 0 aliphatic rings. The molecule has 0 atom stereocenters. The number of rotatable bonds is 11. The first kappa shape index (κ1) is 28.6. The lowest BCUT2D eigenvalue weighted by molar-refractivity contribution is -0.132. The van der Waals surface area contributed by atoms with E-state index in [4.69, 9.17) is 15.0 Å². The van der Waals surface area contributed by atoms with Crippen molar-refractivity contribution in [2.75, 3.05) is 14.2 Å². The molecule has 0 aromatic rings. The maximum atomic E-state index is 13.3. The van der Waals surface area contributed by atoms with E-state index in [2.05, 4.69) is 75.3 Å². The predicted molar refractivity (Wildman–Crippen MR) is 126 cm³/mol. The van der Waals surface area contributed by atoms with Gasteiger partial charge in [-0.2, -0.15) is 5.10 Å². The van der Waals surface area contributed by atoms with E-state index in [1.807, 2.05) is 6.92 Å². The number of primary amides is 1. The van der Waals surface area contributed by atoms with Crippen LogP contribution in [0, 0.1) is 0 Å². The van der Waals surface area contributed by atoms with Crippen LogP contribution in [0.3, 0.4) is 0 Å². The highest BCUT2D eigenvalue weighted by molar-refractivity contribution is 7.71. The molecule has 3 N–H and O–H groups in total. The number of amides is 2. The Labute approximate surface area is 182 Å². The number of ether oxygens (including phenoxy) is 1. The third-order valence-electron chi connectivity index (χ3n) is 4.58. The molecule has 30 heavy (non-hydrogen) atoms. The largest absolute Gasteiger partial charge is 0.465 e. The molecule has 0 unspecified atom stereocenters. The Morgan fingerprint density at radius 2 is 1.33 bits per heavy atom. The summed E-state index contributed by atoms with van der Waals surface area (Å²) < 4.78 is 16.1. The van der Waals surface area contributed by atoms with E-state index >= 15 is 0 Å². The number of hydrogen-bond donors (Lipinski definition) is 2. The summed E-state index contributed by atoms with van der Waals surface area (Å²) in [6.45, 7) is 18.5. The highest BCUT2D eigenvalue weighted by atomic mass is 31.2. The van der Waals surface area contributed by atoms with Crippen LogP contribution >= 0.6 is 7.41 Å². The predicted octanol–water partition coefficient (Wildman–Crippen LogP) is 3.41. The second kappa shape index (κ2) is 12.4. The first-order valence-corrected chi connectivity index (χ1v) is 12.0. The molecule has 176 valence electrons. The van der Waals surface area contributed by atoms with Gasteiger partial charge in [0.25, 0.3) is 0 Å². The van der Waals surface area contributed by atoms with E-state index in [1.54, 1.807) is 7.11 Å². The van der Waals surface area contributed by atoms with Crippen LogP contribution < -0.4 is 11.2 Å². The van der Waals surface area contributed by atoms with Gasteiger partial charge in [-0.15, -0.1) is 0 Å². The van der Waals surface area contributed by atoms with Crippen molar-refractivity contribution in [3.05, 3.63) is 0 Å². The number of hydrogen-bond acceptors (Lipinski definition) is 7. The molecule has 0 saturated heterocycles. The van der Waals surface area contributed by atoms with Gasteiger partial charge in [0.05, 0.1) is 12.8 Å². The summed E-state index contributed by atoms with van der Waals surface area (Å²) in [6, 6.07) is -0.582. The van der Waals surface area contributed by atoms with E-state index in [9.17, 15) is 9.59 Å². The molecule has 0 saturated carbocycles. The second-order valence-corrected chi connectivity index (χ2v) is 10.9. The van der Waals surface area contributed by atoms with Gasteiger partial charge in [-0.05, 0) is 61.8 Å². The van der Waals surface area contributed by atoms with E-state index in [1.165, 1.54) is 7.11 Å². The topological polar surface area (TPSA) is 109 Å². The number of carbonyl (C=O) groups excluding carboxylic acids is 2. The minimum atomic E-state index is -2.95. The molecule has 0 aliphatic heterocycles. The fraction of sp³-hybridized carbons (Fsp3) is 0.800. The van der Waals surface area contributed by atoms with Gasteiger partial charge in [-0.25, -0.2) is 24.4 Å². The Morgan fingerprint density at radius 1 is 0.933 bits per heavy atom. The number of hydrazone groups is 1. The molecule has 0 fully saturated rings. The van der Waals surface area contributed by atoms with Crippen molar-refractivity contribution >= 4 is 30.4 Å². The quantitative estimate of drug-likeness (QED) is 0.217. The summed E-state index contributed by atoms with van der Waals surface area (Å²) in [5, 5.41) is 4.50. The minimum absolute atomic E-state index is 0.0557. The van der Waals surface area contributed by atoms with Crippen LogP contribution in [0.4, 0.5) is 4.79 Å². The SMILES string of the molecule is CC/C(=N\NC(N)=O)C(C(=O)OC)=P(OC)(N(C(C)C)C(C)C)N(C(C)C)C(C)C. The zero-order chi connectivity index (χ0) is 23.8. The van der Waals surface area contributed by atoms with Crippen LogP contribution in [0.25, 0.3) is 0 Å². The average molecular weight is 448 g/mol. The smallest absolute Gasteiger partial charge is 0.344 e. The van der Waals surface area contributed by atoms with Crippen LogP contribution in [0.15, 0.2) is 5.10 Å². The summed E-state index contributed by atoms with van der Waals surface area (Å²) >= 11 is 0. The standard InChI is InChI=1S/C20H42N5O4P/c1-12-17(22-23-20(21)27)18(19(26)28-10)30(29-11,24(13(2)3)14(4)5)25(15(6)7)16(8)9/h13-16H,12H2,1-11H3,(H3,21,23,27)/b22-17+. The van der Waals surface area contributed by atoms with Gasteiger partial charge in [-0.3, -0.25) is 0 Å². The van der Waals surface area contributed by atoms with Crippen LogP contribution in [0.5, 0.6) is 0 Å². The molecule has 0 radical (unpaired) electrons. The average Bonchev–Trinajstić information content (AvgIpc) is 2.62. The van der Waals surface area contributed by atoms with E-state index in [0.717, 1.165) is 0 Å². The number of esters is 1. The molecule has 0 rings (SSSR count). The maximum Gasteiger partial charge on any atom is 0.344 e. The molecule has 0 heterocycles. The summed E-state index contributed by atoms with van der Waals surface area (Å²) in [4.78, 5) is 24.6. The van der Waals surface area contributed by atoms with Gasteiger partial charge in [0, 0.05) is 31.3 Å². The van der Waals surface area contributed by atoms with Crippen molar-refractivity contribution in [2.45, 2.75) is 92.9 Å². The van der Waals surface area contributed by atoms with E-state index < -0.39 is 19.4 Å². The number of nitrogens with zero attached hydrogens (tertiary/aromatic N) is 3. The van der Waals surface area contributed by atoms with Crippen molar-refractivity contribution in [3.8, 4) is 0 Å². The maximum absolute atomic E-state index is 13.3. The zero-order valence-electron chi connectivity index (χ0n) is 20.5. The highest BCUT2D eigenvalue weighted by Crippen LogP contribution is 2.61. The fourth-order valence-electron chi connectivity index (χ4n) is 4.00. The molecule has 9 nitrogen and oxygen atoms in total. The number of carbonyl (C=O) groups is 2. The number of nitrogens with one attached hydrogen (secondary N) is 1. The Hall–Kier alpha value is -1.41. The first-order valence-electron chi connectivity index (χ1n) is 10.4. The first-order chi connectivity index (χ1) is 13.8. The fourth-order valence-corrected chi connectivity index (χ4v) is 8.64. The van der Waals surface area contributed by atoms with E-state index in [0.29, 0.717) is 17.4 Å². The third kappa shape index (κ3) is 6.30. The zero-order valence-corrected chi connectivity index (χ0v) is 21.4. The minimum Gasteiger partial charge on any atom is -0.465 e. The molecule has 10 heteroatoms. The summed E-state index contributed by atoms with van der Waals surface area (Å²) in [5.41, 5.74) is 7.89. The van der Waals surface area contributed by atoms with Crippen molar-refractivity contribution < 1.29 is 18.8 Å². The van der Waals surface area contributed by atoms with Crippen molar-refractivity contribution in [2.24, 2.45) is 10.8 Å². The van der Waals surface area contributed by atoms with Crippen molar-refractivity contribution in [3.63, 3.8) is 0 Å². The highest BCUT2D eigenvalue weighted by Gasteiger charge is 2.45. The Morgan fingerprint density at radius 3 is 1.57 bits per heavy atom. The lowest BCUT2D eigenvalue weighted by atomic mass is 10.2. The van der Waals surface area contributed by atoms with Gasteiger partial charge in [-0.1, -0.05) is 6.92 Å². The Bertz CT molecular complexity index is 634. The number of methoxy groups -OCH3 is 1. The molecular formula is C20H42N5O4P. The Balaban J connectivity index is 7.84. The van der Waals surface area contributed by atoms with E-state index in [-0.39, 0.29) is 24.2 Å². The van der Waals surface area contributed by atoms with Gasteiger partial charge in [0.15, 0.2) is 7.41 Å². The molecule has 0 bridgehead atoms. The van der Waals surface area contributed by atoms with Crippen LogP contribution in [-0.2, 0) is 14.1 Å². The third-order valence-corrected chi connectivity index (χ3v) is 9.21. The monoisotopic (exact) mass is 447 g/mol.